The molecule has 0 unspecified atom stereocenters. The lowest BCUT2D eigenvalue weighted by Gasteiger charge is -1.80. The van der Waals surface area contributed by atoms with Gasteiger partial charge in [-0.1, -0.05) is 40.2 Å². The van der Waals surface area contributed by atoms with Gasteiger partial charge < -0.3 is 0 Å². The molecule has 0 heterocycles. The first kappa shape index (κ1) is 9.44. The molecule has 0 fully saturated rings. The van der Waals surface area contributed by atoms with Gasteiger partial charge in [-0.2, -0.15) is 0 Å². The number of allylic oxidation sites excluding steroid dienone is 1. The third kappa shape index (κ3) is 5.57. The average molecular weight is 199 g/mol. The van der Waals surface area contributed by atoms with Gasteiger partial charge in [0.25, 0.3) is 0 Å². The van der Waals surface area contributed by atoms with E-state index in [2.05, 4.69) is 22.5 Å². The number of hydrogen-bond donors (Lipinski definition) is 0. The molecule has 54 valence electrons. The summed E-state index contributed by atoms with van der Waals surface area (Å²) in [5.74, 6) is 0. The molecule has 1 rings (SSSR count). The third-order valence-corrected chi connectivity index (χ3v) is 1.26. The van der Waals surface area contributed by atoms with E-state index in [9.17, 15) is 0 Å². The van der Waals surface area contributed by atoms with E-state index in [1.807, 2.05) is 37.3 Å². The Bertz CT molecular complexity index is 167. The summed E-state index contributed by atoms with van der Waals surface area (Å²) in [4.78, 5) is 0. The fourth-order valence-electron chi connectivity index (χ4n) is 0.415. The van der Waals surface area contributed by atoms with Crippen LogP contribution in [0.15, 0.2) is 47.5 Å². The summed E-state index contributed by atoms with van der Waals surface area (Å²) in [6.07, 6.45) is 1.75. The van der Waals surface area contributed by atoms with Crippen LogP contribution in [-0.2, 0) is 0 Å². The molecular formula is C9H11Br. The standard InChI is InChI=1S/C6H5Br.C3H6/c7-6-4-2-1-3-5-6;1-3-2/h1-5H;3H,1H2,2H3. The normalized spacial score (nSPS) is 7.40. The molecule has 1 aromatic carbocycles. The van der Waals surface area contributed by atoms with Crippen molar-refractivity contribution in [1.82, 2.24) is 0 Å². The fourth-order valence-corrected chi connectivity index (χ4v) is 0.720. The maximum atomic E-state index is 3.36. The maximum absolute atomic E-state index is 3.36. The number of benzene rings is 1. The van der Waals surface area contributed by atoms with E-state index in [0.717, 1.165) is 4.47 Å². The van der Waals surface area contributed by atoms with Crippen LogP contribution in [0, 0.1) is 0 Å². The predicted molar refractivity (Wildman–Crippen MR) is 50.0 cm³/mol. The van der Waals surface area contributed by atoms with Gasteiger partial charge in [0.1, 0.15) is 0 Å². The van der Waals surface area contributed by atoms with Crippen molar-refractivity contribution in [3.05, 3.63) is 47.5 Å². The van der Waals surface area contributed by atoms with E-state index in [1.165, 1.54) is 0 Å². The Balaban J connectivity index is 0.000000236. The zero-order valence-electron chi connectivity index (χ0n) is 6.05. The number of halogens is 1. The molecule has 0 nitrogen and oxygen atoms in total. The van der Waals surface area contributed by atoms with Crippen molar-refractivity contribution in [3.8, 4) is 0 Å². The first-order chi connectivity index (χ1) is 4.81. The van der Waals surface area contributed by atoms with Crippen LogP contribution in [-0.4, -0.2) is 0 Å². The summed E-state index contributed by atoms with van der Waals surface area (Å²) in [5, 5.41) is 0. The smallest absolute Gasteiger partial charge is 0.0175 e. The van der Waals surface area contributed by atoms with Crippen molar-refractivity contribution in [2.45, 2.75) is 6.92 Å². The number of hydrogen-bond acceptors (Lipinski definition) is 0. The van der Waals surface area contributed by atoms with Gasteiger partial charge in [0.05, 0.1) is 0 Å². The SMILES string of the molecule is Brc1ccccc1.C=CC. The molecule has 0 bridgehead atoms. The number of rotatable bonds is 0. The molecule has 0 atom stereocenters. The fraction of sp³-hybridized carbons (Fsp3) is 0.111. The van der Waals surface area contributed by atoms with Gasteiger partial charge in [-0.25, -0.2) is 0 Å². The van der Waals surface area contributed by atoms with Crippen molar-refractivity contribution in [2.75, 3.05) is 0 Å². The highest BCUT2D eigenvalue weighted by Crippen LogP contribution is 2.05. The van der Waals surface area contributed by atoms with Gasteiger partial charge in [-0.3, -0.25) is 0 Å². The van der Waals surface area contributed by atoms with Crippen molar-refractivity contribution in [1.29, 1.82) is 0 Å². The Hall–Kier alpha value is -0.560. The van der Waals surface area contributed by atoms with Crippen LogP contribution in [0.5, 0.6) is 0 Å². The minimum absolute atomic E-state index is 1.13. The van der Waals surface area contributed by atoms with Crippen molar-refractivity contribution in [2.24, 2.45) is 0 Å². The van der Waals surface area contributed by atoms with Gasteiger partial charge in [0, 0.05) is 4.47 Å². The van der Waals surface area contributed by atoms with E-state index >= 15 is 0 Å². The topological polar surface area (TPSA) is 0 Å². The molecule has 0 radical (unpaired) electrons. The van der Waals surface area contributed by atoms with E-state index in [4.69, 9.17) is 0 Å². The first-order valence-electron chi connectivity index (χ1n) is 3.09. The lowest BCUT2D eigenvalue weighted by atomic mass is 10.4. The van der Waals surface area contributed by atoms with E-state index in [0.29, 0.717) is 0 Å². The highest BCUT2D eigenvalue weighted by atomic mass is 79.9. The zero-order chi connectivity index (χ0) is 7.82. The second-order valence-corrected chi connectivity index (χ2v) is 2.62. The molecular weight excluding hydrogens is 188 g/mol. The average Bonchev–Trinajstić information content (AvgIpc) is 1.91. The Morgan fingerprint density at radius 3 is 1.90 bits per heavy atom. The second kappa shape index (κ2) is 6.56. The van der Waals surface area contributed by atoms with Gasteiger partial charge >= 0.3 is 0 Å². The Labute approximate surface area is 70.7 Å². The predicted octanol–water partition coefficient (Wildman–Crippen LogP) is 3.64. The zero-order valence-corrected chi connectivity index (χ0v) is 7.64. The molecule has 0 saturated heterocycles. The van der Waals surface area contributed by atoms with Crippen molar-refractivity contribution in [3.63, 3.8) is 0 Å². The summed E-state index contributed by atoms with van der Waals surface area (Å²) < 4.78 is 1.13. The summed E-state index contributed by atoms with van der Waals surface area (Å²) in [6.45, 7) is 5.25. The van der Waals surface area contributed by atoms with Crippen LogP contribution in [0.1, 0.15) is 6.92 Å². The van der Waals surface area contributed by atoms with E-state index in [-0.39, 0.29) is 0 Å². The Kier molecular flexibility index (Phi) is 6.19. The minimum atomic E-state index is 1.13. The molecule has 0 aliphatic heterocycles. The van der Waals surface area contributed by atoms with Gasteiger partial charge in [-0.05, 0) is 19.1 Å². The monoisotopic (exact) mass is 198 g/mol. The molecule has 0 aliphatic rings. The molecule has 0 amide bonds. The molecule has 0 N–H and O–H groups in total. The second-order valence-electron chi connectivity index (χ2n) is 1.70. The summed E-state index contributed by atoms with van der Waals surface area (Å²) >= 11 is 3.31. The van der Waals surface area contributed by atoms with Crippen LogP contribution in [0.3, 0.4) is 0 Å². The van der Waals surface area contributed by atoms with E-state index < -0.39 is 0 Å². The largest absolute Gasteiger partial charge is 0.103 e. The van der Waals surface area contributed by atoms with Crippen LogP contribution >= 0.6 is 15.9 Å². The third-order valence-electron chi connectivity index (χ3n) is 0.733. The molecule has 0 aliphatic carbocycles. The Morgan fingerprint density at radius 1 is 1.30 bits per heavy atom. The summed E-state index contributed by atoms with van der Waals surface area (Å²) in [6, 6.07) is 9.97. The van der Waals surface area contributed by atoms with Gasteiger partial charge in [-0.15, -0.1) is 6.58 Å². The molecule has 1 aromatic rings. The first-order valence-corrected chi connectivity index (χ1v) is 3.88. The van der Waals surface area contributed by atoms with Crippen LogP contribution in [0.4, 0.5) is 0 Å². The van der Waals surface area contributed by atoms with Crippen LogP contribution < -0.4 is 0 Å². The lowest BCUT2D eigenvalue weighted by molar-refractivity contribution is 1.66. The molecule has 1 heteroatoms. The highest BCUT2D eigenvalue weighted by molar-refractivity contribution is 9.10. The van der Waals surface area contributed by atoms with Gasteiger partial charge in [0.2, 0.25) is 0 Å². The quantitative estimate of drug-likeness (QED) is 0.559. The molecule has 0 aromatic heterocycles. The van der Waals surface area contributed by atoms with Gasteiger partial charge in [0.15, 0.2) is 0 Å². The molecule has 0 saturated carbocycles. The Morgan fingerprint density at radius 2 is 1.70 bits per heavy atom. The minimum Gasteiger partial charge on any atom is -0.103 e. The highest BCUT2D eigenvalue weighted by Gasteiger charge is 1.74. The summed E-state index contributed by atoms with van der Waals surface area (Å²) in [5.41, 5.74) is 0. The lowest BCUT2D eigenvalue weighted by Crippen LogP contribution is -1.55. The molecule has 10 heavy (non-hydrogen) atoms. The van der Waals surface area contributed by atoms with E-state index in [1.54, 1.807) is 6.08 Å². The van der Waals surface area contributed by atoms with Crippen LogP contribution in [0.25, 0.3) is 0 Å². The summed E-state index contributed by atoms with van der Waals surface area (Å²) in [7, 11) is 0. The van der Waals surface area contributed by atoms with Crippen LogP contribution in [0.2, 0.25) is 0 Å². The maximum Gasteiger partial charge on any atom is 0.0175 e. The van der Waals surface area contributed by atoms with Crippen molar-refractivity contribution < 1.29 is 0 Å². The molecule has 0 spiro atoms. The van der Waals surface area contributed by atoms with Crippen molar-refractivity contribution >= 4 is 15.9 Å².